The molecule has 3 heteroatoms. The molecular formula is C12H24N2O. The van der Waals surface area contributed by atoms with Crippen LogP contribution in [0, 0.1) is 5.92 Å². The Morgan fingerprint density at radius 1 is 1.33 bits per heavy atom. The van der Waals surface area contributed by atoms with Crippen molar-refractivity contribution in [1.29, 1.82) is 0 Å². The molecule has 3 nitrogen and oxygen atoms in total. The monoisotopic (exact) mass is 212 g/mol. The molecule has 1 atom stereocenters. The van der Waals surface area contributed by atoms with Gasteiger partial charge in [-0.2, -0.15) is 0 Å². The van der Waals surface area contributed by atoms with Gasteiger partial charge in [-0.05, 0) is 51.2 Å². The van der Waals surface area contributed by atoms with Gasteiger partial charge in [-0.1, -0.05) is 0 Å². The molecule has 1 saturated heterocycles. The Kier molecular flexibility index (Phi) is 4.42. The number of methoxy groups -OCH3 is 1. The van der Waals surface area contributed by atoms with Crippen molar-refractivity contribution in [2.75, 3.05) is 39.9 Å². The molecule has 2 fully saturated rings. The molecule has 1 aliphatic carbocycles. The van der Waals surface area contributed by atoms with Crippen LogP contribution in [0.15, 0.2) is 0 Å². The molecule has 1 aliphatic heterocycles. The van der Waals surface area contributed by atoms with Crippen LogP contribution < -0.4 is 5.32 Å². The zero-order chi connectivity index (χ0) is 10.5. The van der Waals surface area contributed by atoms with Gasteiger partial charge >= 0.3 is 0 Å². The summed E-state index contributed by atoms with van der Waals surface area (Å²) in [4.78, 5) is 2.68. The Balaban J connectivity index is 1.49. The van der Waals surface area contributed by atoms with Crippen LogP contribution in [0.1, 0.15) is 25.7 Å². The van der Waals surface area contributed by atoms with Crippen molar-refractivity contribution in [3.63, 3.8) is 0 Å². The second kappa shape index (κ2) is 5.83. The first kappa shape index (κ1) is 11.4. The number of nitrogens with zero attached hydrogens (tertiary/aromatic N) is 1. The largest absolute Gasteiger partial charge is 0.385 e. The molecular weight excluding hydrogens is 188 g/mol. The average molecular weight is 212 g/mol. The first-order valence-corrected chi connectivity index (χ1v) is 6.34. The molecule has 1 N–H and O–H groups in total. The topological polar surface area (TPSA) is 24.5 Å². The molecule has 88 valence electrons. The van der Waals surface area contributed by atoms with Gasteiger partial charge in [0.15, 0.2) is 0 Å². The fourth-order valence-corrected chi connectivity index (χ4v) is 2.45. The molecule has 0 spiro atoms. The zero-order valence-corrected chi connectivity index (χ0v) is 9.87. The summed E-state index contributed by atoms with van der Waals surface area (Å²) >= 11 is 0. The normalized spacial score (nSPS) is 27.4. The third-order valence-electron chi connectivity index (χ3n) is 3.52. The summed E-state index contributed by atoms with van der Waals surface area (Å²) < 4.78 is 5.02. The maximum Gasteiger partial charge on any atom is 0.0474 e. The lowest BCUT2D eigenvalue weighted by Crippen LogP contribution is -2.28. The minimum absolute atomic E-state index is 0.881. The van der Waals surface area contributed by atoms with Crippen LogP contribution in [0.25, 0.3) is 0 Å². The molecule has 2 rings (SSSR count). The van der Waals surface area contributed by atoms with Crippen LogP contribution in [-0.4, -0.2) is 50.8 Å². The van der Waals surface area contributed by atoms with E-state index in [4.69, 9.17) is 4.74 Å². The van der Waals surface area contributed by atoms with Crippen molar-refractivity contribution in [2.45, 2.75) is 31.7 Å². The molecule has 0 radical (unpaired) electrons. The summed E-state index contributed by atoms with van der Waals surface area (Å²) in [6.07, 6.45) is 5.44. The summed E-state index contributed by atoms with van der Waals surface area (Å²) in [5.74, 6) is 0.896. The standard InChI is InChI=1S/C12H24N2O/c1-15-8-2-6-13-9-11-5-7-14(10-11)12-3-4-12/h11-13H,2-10H2,1H3. The van der Waals surface area contributed by atoms with E-state index in [0.717, 1.165) is 31.5 Å². The second-order valence-electron chi connectivity index (χ2n) is 4.93. The summed E-state index contributed by atoms with van der Waals surface area (Å²) in [7, 11) is 1.77. The van der Waals surface area contributed by atoms with Gasteiger partial charge in [0.25, 0.3) is 0 Å². The van der Waals surface area contributed by atoms with E-state index in [0.29, 0.717) is 0 Å². The van der Waals surface area contributed by atoms with E-state index in [1.54, 1.807) is 7.11 Å². The predicted octanol–water partition coefficient (Wildman–Crippen LogP) is 1.10. The number of hydrogen-bond donors (Lipinski definition) is 1. The molecule has 0 bridgehead atoms. The third kappa shape index (κ3) is 3.74. The molecule has 0 amide bonds. The maximum absolute atomic E-state index is 5.02. The van der Waals surface area contributed by atoms with Crippen molar-refractivity contribution in [3.05, 3.63) is 0 Å². The van der Waals surface area contributed by atoms with Crippen LogP contribution in [0.4, 0.5) is 0 Å². The third-order valence-corrected chi connectivity index (χ3v) is 3.52. The Hall–Kier alpha value is -0.120. The van der Waals surface area contributed by atoms with Crippen molar-refractivity contribution < 1.29 is 4.74 Å². The molecule has 2 aliphatic rings. The summed E-state index contributed by atoms with van der Waals surface area (Å²) in [5.41, 5.74) is 0. The van der Waals surface area contributed by atoms with Crippen LogP contribution in [0.3, 0.4) is 0 Å². The number of hydrogen-bond acceptors (Lipinski definition) is 3. The summed E-state index contributed by atoms with van der Waals surface area (Å²) in [6, 6.07) is 0.962. The predicted molar refractivity (Wildman–Crippen MR) is 62.1 cm³/mol. The van der Waals surface area contributed by atoms with Crippen molar-refractivity contribution in [2.24, 2.45) is 5.92 Å². The van der Waals surface area contributed by atoms with Crippen LogP contribution in [0.2, 0.25) is 0 Å². The fourth-order valence-electron chi connectivity index (χ4n) is 2.45. The lowest BCUT2D eigenvalue weighted by Gasteiger charge is -2.15. The molecule has 0 aromatic carbocycles. The van der Waals surface area contributed by atoms with Gasteiger partial charge < -0.3 is 15.0 Å². The van der Waals surface area contributed by atoms with E-state index in [1.165, 1.54) is 38.9 Å². The molecule has 1 unspecified atom stereocenters. The van der Waals surface area contributed by atoms with Gasteiger partial charge in [0.1, 0.15) is 0 Å². The van der Waals surface area contributed by atoms with Crippen LogP contribution >= 0.6 is 0 Å². The Bertz CT molecular complexity index is 182. The molecule has 15 heavy (non-hydrogen) atoms. The highest BCUT2D eigenvalue weighted by Gasteiger charge is 2.33. The van der Waals surface area contributed by atoms with Crippen molar-refractivity contribution in [1.82, 2.24) is 10.2 Å². The van der Waals surface area contributed by atoms with Gasteiger partial charge in [-0.3, -0.25) is 0 Å². The Labute approximate surface area is 93.2 Å². The summed E-state index contributed by atoms with van der Waals surface area (Å²) in [6.45, 7) is 5.86. The molecule has 0 aromatic heterocycles. The molecule has 1 saturated carbocycles. The highest BCUT2D eigenvalue weighted by atomic mass is 16.5. The Morgan fingerprint density at radius 2 is 2.20 bits per heavy atom. The van der Waals surface area contributed by atoms with Crippen molar-refractivity contribution >= 4 is 0 Å². The van der Waals surface area contributed by atoms with Gasteiger partial charge in [-0.15, -0.1) is 0 Å². The maximum atomic E-state index is 5.02. The lowest BCUT2D eigenvalue weighted by atomic mass is 10.1. The van der Waals surface area contributed by atoms with E-state index in [-0.39, 0.29) is 0 Å². The van der Waals surface area contributed by atoms with Gasteiger partial charge in [-0.25, -0.2) is 0 Å². The van der Waals surface area contributed by atoms with Gasteiger partial charge in [0.05, 0.1) is 0 Å². The lowest BCUT2D eigenvalue weighted by molar-refractivity contribution is 0.194. The van der Waals surface area contributed by atoms with Gasteiger partial charge in [0, 0.05) is 26.3 Å². The summed E-state index contributed by atoms with van der Waals surface area (Å²) in [5, 5.41) is 3.54. The van der Waals surface area contributed by atoms with E-state index in [1.807, 2.05) is 0 Å². The van der Waals surface area contributed by atoms with Crippen LogP contribution in [-0.2, 0) is 4.74 Å². The number of ether oxygens (including phenoxy) is 1. The number of rotatable bonds is 7. The second-order valence-corrected chi connectivity index (χ2v) is 4.93. The van der Waals surface area contributed by atoms with E-state index in [9.17, 15) is 0 Å². The van der Waals surface area contributed by atoms with E-state index >= 15 is 0 Å². The zero-order valence-electron chi connectivity index (χ0n) is 9.87. The van der Waals surface area contributed by atoms with E-state index < -0.39 is 0 Å². The minimum Gasteiger partial charge on any atom is -0.385 e. The van der Waals surface area contributed by atoms with Crippen LogP contribution in [0.5, 0.6) is 0 Å². The fraction of sp³-hybridized carbons (Fsp3) is 1.00. The molecule has 0 aromatic rings. The molecule has 1 heterocycles. The SMILES string of the molecule is COCCCNCC1CCN(C2CC2)C1. The average Bonchev–Trinajstić information content (AvgIpc) is 2.99. The quantitative estimate of drug-likeness (QED) is 0.640. The van der Waals surface area contributed by atoms with Crippen molar-refractivity contribution in [3.8, 4) is 0 Å². The first-order valence-electron chi connectivity index (χ1n) is 6.34. The van der Waals surface area contributed by atoms with E-state index in [2.05, 4.69) is 10.2 Å². The number of likely N-dealkylation sites (tertiary alicyclic amines) is 1. The Morgan fingerprint density at radius 3 is 2.93 bits per heavy atom. The highest BCUT2D eigenvalue weighted by Crippen LogP contribution is 2.31. The minimum atomic E-state index is 0.881. The number of nitrogens with one attached hydrogen (secondary N) is 1. The smallest absolute Gasteiger partial charge is 0.0474 e. The highest BCUT2D eigenvalue weighted by molar-refractivity contribution is 4.89. The first-order chi connectivity index (χ1) is 7.40. The van der Waals surface area contributed by atoms with Gasteiger partial charge in [0.2, 0.25) is 0 Å².